The molecule has 1 aromatic rings. The van der Waals surface area contributed by atoms with E-state index < -0.39 is 5.60 Å². The summed E-state index contributed by atoms with van der Waals surface area (Å²) in [6.45, 7) is 6.23. The third kappa shape index (κ3) is 3.19. The zero-order valence-corrected chi connectivity index (χ0v) is 12.1. The summed E-state index contributed by atoms with van der Waals surface area (Å²) in [4.78, 5) is 13.4. The number of ether oxygens (including phenoxy) is 1. The van der Waals surface area contributed by atoms with Gasteiger partial charge in [-0.05, 0) is 44.0 Å². The zero-order chi connectivity index (χ0) is 14.2. The first-order chi connectivity index (χ1) is 8.78. The van der Waals surface area contributed by atoms with E-state index in [0.717, 1.165) is 16.1 Å². The van der Waals surface area contributed by atoms with E-state index in [-0.39, 0.29) is 12.5 Å². The van der Waals surface area contributed by atoms with Crippen LogP contribution in [-0.2, 0) is 4.79 Å². The van der Waals surface area contributed by atoms with Gasteiger partial charge in [-0.2, -0.15) is 0 Å². The normalized spacial score (nSPS) is 17.0. The Labute approximate surface area is 117 Å². The smallest absolute Gasteiger partial charge is 0.260 e. The summed E-state index contributed by atoms with van der Waals surface area (Å²) < 4.78 is 5.48. The lowest BCUT2D eigenvalue weighted by molar-refractivity contribution is -0.154. The first-order valence-corrected chi connectivity index (χ1v) is 6.56. The molecule has 1 fully saturated rings. The topological polar surface area (TPSA) is 49.8 Å². The highest BCUT2D eigenvalue weighted by molar-refractivity contribution is 6.32. The molecule has 0 radical (unpaired) electrons. The molecular weight excluding hydrogens is 266 g/mol. The van der Waals surface area contributed by atoms with Gasteiger partial charge in [-0.3, -0.25) is 4.79 Å². The van der Waals surface area contributed by atoms with Crippen molar-refractivity contribution in [1.82, 2.24) is 4.90 Å². The van der Waals surface area contributed by atoms with E-state index in [1.807, 2.05) is 26.0 Å². The van der Waals surface area contributed by atoms with Crippen molar-refractivity contribution in [3.8, 4) is 5.75 Å². The monoisotopic (exact) mass is 283 g/mol. The predicted molar refractivity (Wildman–Crippen MR) is 73.6 cm³/mol. The number of β-amino-alcohol motifs (C(OH)–C–C–N with tert-alkyl or cyclic N) is 1. The Balaban J connectivity index is 1.91. The fraction of sp³-hybridized carbons (Fsp3) is 0.500. The fourth-order valence-corrected chi connectivity index (χ4v) is 2.29. The highest BCUT2D eigenvalue weighted by Gasteiger charge is 2.39. The van der Waals surface area contributed by atoms with Crippen LogP contribution in [0.3, 0.4) is 0 Å². The van der Waals surface area contributed by atoms with Gasteiger partial charge in [-0.1, -0.05) is 11.6 Å². The molecule has 104 valence electrons. The van der Waals surface area contributed by atoms with Gasteiger partial charge in [0.05, 0.1) is 18.7 Å². The second kappa shape index (κ2) is 5.02. The molecule has 19 heavy (non-hydrogen) atoms. The summed E-state index contributed by atoms with van der Waals surface area (Å²) in [6, 6.07) is 3.63. The molecule has 1 saturated heterocycles. The van der Waals surface area contributed by atoms with Crippen LogP contribution in [0.2, 0.25) is 5.02 Å². The number of amides is 1. The van der Waals surface area contributed by atoms with E-state index in [0.29, 0.717) is 18.8 Å². The minimum Gasteiger partial charge on any atom is -0.484 e. The van der Waals surface area contributed by atoms with Gasteiger partial charge in [0.1, 0.15) is 5.75 Å². The van der Waals surface area contributed by atoms with E-state index in [1.54, 1.807) is 11.8 Å². The quantitative estimate of drug-likeness (QED) is 0.922. The van der Waals surface area contributed by atoms with Crippen LogP contribution in [0.15, 0.2) is 12.1 Å². The summed E-state index contributed by atoms with van der Waals surface area (Å²) in [5.41, 5.74) is 1.11. The van der Waals surface area contributed by atoms with Crippen molar-refractivity contribution in [3.05, 3.63) is 28.3 Å². The molecule has 0 aromatic heterocycles. The van der Waals surface area contributed by atoms with Crippen LogP contribution in [0.4, 0.5) is 0 Å². The van der Waals surface area contributed by atoms with Crippen molar-refractivity contribution in [2.75, 3.05) is 19.7 Å². The number of aliphatic hydroxyl groups is 1. The number of rotatable bonds is 3. The fourth-order valence-electron chi connectivity index (χ4n) is 2.18. The van der Waals surface area contributed by atoms with Gasteiger partial charge in [-0.15, -0.1) is 0 Å². The first kappa shape index (κ1) is 14.2. The number of hydrogen-bond acceptors (Lipinski definition) is 3. The number of hydrogen-bond donors (Lipinski definition) is 1. The number of carbonyl (C=O) groups is 1. The standard InChI is InChI=1S/C14H18ClNO3/c1-9-4-11(5-10(2)13(9)15)19-6-12(17)16-7-14(3,18)8-16/h4-5,18H,6-8H2,1-3H3. The summed E-state index contributed by atoms with van der Waals surface area (Å²) in [7, 11) is 0. The van der Waals surface area contributed by atoms with E-state index in [4.69, 9.17) is 16.3 Å². The number of nitrogens with zero attached hydrogens (tertiary/aromatic N) is 1. The Kier molecular flexibility index (Phi) is 3.74. The third-order valence-corrected chi connectivity index (χ3v) is 3.78. The Morgan fingerprint density at radius 2 is 1.95 bits per heavy atom. The Morgan fingerprint density at radius 3 is 2.42 bits per heavy atom. The van der Waals surface area contributed by atoms with Crippen molar-refractivity contribution >= 4 is 17.5 Å². The van der Waals surface area contributed by atoms with Crippen LogP contribution in [-0.4, -0.2) is 41.2 Å². The summed E-state index contributed by atoms with van der Waals surface area (Å²) in [6.07, 6.45) is 0. The van der Waals surface area contributed by atoms with Gasteiger partial charge in [0.2, 0.25) is 0 Å². The number of aryl methyl sites for hydroxylation is 2. The van der Waals surface area contributed by atoms with E-state index in [1.165, 1.54) is 0 Å². The third-order valence-electron chi connectivity index (χ3n) is 3.19. The van der Waals surface area contributed by atoms with Gasteiger partial charge >= 0.3 is 0 Å². The minimum atomic E-state index is -0.747. The van der Waals surface area contributed by atoms with Crippen LogP contribution in [0.25, 0.3) is 0 Å². The number of likely N-dealkylation sites (tertiary alicyclic amines) is 1. The highest BCUT2D eigenvalue weighted by Crippen LogP contribution is 2.26. The molecule has 0 spiro atoms. The molecule has 0 aliphatic carbocycles. The maximum atomic E-state index is 11.8. The SMILES string of the molecule is Cc1cc(OCC(=O)N2CC(C)(O)C2)cc(C)c1Cl. The summed E-state index contributed by atoms with van der Waals surface area (Å²) >= 11 is 6.07. The maximum Gasteiger partial charge on any atom is 0.260 e. The van der Waals surface area contributed by atoms with Crippen LogP contribution < -0.4 is 4.74 Å². The second-order valence-corrected chi connectivity index (χ2v) is 5.78. The number of halogens is 1. The van der Waals surface area contributed by atoms with Gasteiger partial charge < -0.3 is 14.7 Å². The molecule has 0 atom stereocenters. The van der Waals surface area contributed by atoms with Crippen molar-refractivity contribution < 1.29 is 14.6 Å². The Bertz CT molecular complexity index is 482. The van der Waals surface area contributed by atoms with E-state index in [9.17, 15) is 9.90 Å². The average Bonchev–Trinajstić information content (AvgIpc) is 2.29. The zero-order valence-electron chi connectivity index (χ0n) is 11.4. The van der Waals surface area contributed by atoms with Gasteiger partial charge in [0.15, 0.2) is 6.61 Å². The molecule has 4 nitrogen and oxygen atoms in total. The Hall–Kier alpha value is -1.26. The van der Waals surface area contributed by atoms with Crippen LogP contribution in [0, 0.1) is 13.8 Å². The second-order valence-electron chi connectivity index (χ2n) is 5.41. The molecule has 0 unspecified atom stereocenters. The van der Waals surface area contributed by atoms with Crippen LogP contribution in [0.1, 0.15) is 18.1 Å². The summed E-state index contributed by atoms with van der Waals surface area (Å²) in [5, 5.41) is 10.3. The molecule has 2 rings (SSSR count). The predicted octanol–water partition coefficient (Wildman–Crippen LogP) is 1.93. The lowest BCUT2D eigenvalue weighted by atomic mass is 9.97. The highest BCUT2D eigenvalue weighted by atomic mass is 35.5. The van der Waals surface area contributed by atoms with Gasteiger partial charge in [0.25, 0.3) is 5.91 Å². The first-order valence-electron chi connectivity index (χ1n) is 6.18. The van der Waals surface area contributed by atoms with Crippen molar-refractivity contribution in [2.45, 2.75) is 26.4 Å². The molecule has 1 N–H and O–H groups in total. The molecule has 1 amide bonds. The molecule has 5 heteroatoms. The molecular formula is C14H18ClNO3. The average molecular weight is 284 g/mol. The molecule has 1 aliphatic rings. The van der Waals surface area contributed by atoms with Crippen LogP contribution >= 0.6 is 11.6 Å². The van der Waals surface area contributed by atoms with Crippen molar-refractivity contribution in [1.29, 1.82) is 0 Å². The molecule has 1 aliphatic heterocycles. The van der Waals surface area contributed by atoms with E-state index >= 15 is 0 Å². The molecule has 1 aromatic carbocycles. The lowest BCUT2D eigenvalue weighted by Gasteiger charge is -2.43. The minimum absolute atomic E-state index is 0.0173. The van der Waals surface area contributed by atoms with Crippen LogP contribution in [0.5, 0.6) is 5.75 Å². The van der Waals surface area contributed by atoms with E-state index in [2.05, 4.69) is 0 Å². The van der Waals surface area contributed by atoms with Crippen molar-refractivity contribution in [2.24, 2.45) is 0 Å². The Morgan fingerprint density at radius 1 is 1.42 bits per heavy atom. The van der Waals surface area contributed by atoms with Gasteiger partial charge in [0, 0.05) is 5.02 Å². The van der Waals surface area contributed by atoms with Crippen molar-refractivity contribution in [3.63, 3.8) is 0 Å². The lowest BCUT2D eigenvalue weighted by Crippen LogP contribution is -2.62. The summed E-state index contributed by atoms with van der Waals surface area (Å²) in [5.74, 6) is 0.525. The molecule has 0 saturated carbocycles. The largest absolute Gasteiger partial charge is 0.484 e. The van der Waals surface area contributed by atoms with Gasteiger partial charge in [-0.25, -0.2) is 0 Å². The maximum absolute atomic E-state index is 11.8. The molecule has 0 bridgehead atoms. The molecule has 1 heterocycles. The number of benzene rings is 1. The number of carbonyl (C=O) groups excluding carboxylic acids is 1.